The minimum atomic E-state index is -3.11. The largest absolute Gasteiger partial charge is 0.464 e. The molecule has 0 fully saturated rings. The molecule has 1 heterocycles. The maximum atomic E-state index is 14.8. The smallest absolute Gasteiger partial charge is 0.355 e. The Morgan fingerprint density at radius 3 is 2.65 bits per heavy atom. The second kappa shape index (κ2) is 8.59. The van der Waals surface area contributed by atoms with Crippen LogP contribution >= 0.6 is 23.2 Å². The minimum absolute atomic E-state index is 0.0226. The van der Waals surface area contributed by atoms with E-state index < -0.39 is 24.0 Å². The van der Waals surface area contributed by atoms with Gasteiger partial charge in [-0.3, -0.25) is 4.79 Å². The molecule has 2 rings (SSSR count). The van der Waals surface area contributed by atoms with Gasteiger partial charge in [-0.05, 0) is 25.5 Å². The van der Waals surface area contributed by atoms with E-state index >= 15 is 0 Å². The van der Waals surface area contributed by atoms with E-state index in [9.17, 15) is 22.8 Å². The molecule has 2 aromatic rings. The van der Waals surface area contributed by atoms with Crippen LogP contribution in [0.3, 0.4) is 0 Å². The fourth-order valence-corrected chi connectivity index (χ4v) is 2.61. The van der Waals surface area contributed by atoms with Crippen LogP contribution in [0.25, 0.3) is 5.69 Å². The summed E-state index contributed by atoms with van der Waals surface area (Å²) >= 11 is 11.4. The first-order chi connectivity index (χ1) is 12.3. The number of halogens is 5. The summed E-state index contributed by atoms with van der Waals surface area (Å²) < 4.78 is 46.1. The molecule has 0 unspecified atom stereocenters. The predicted octanol–water partition coefficient (Wildman–Crippen LogP) is 3.24. The van der Waals surface area contributed by atoms with Gasteiger partial charge in [-0.2, -0.15) is 13.5 Å². The average Bonchev–Trinajstić information content (AvgIpc) is 2.87. The zero-order chi connectivity index (χ0) is 19.4. The lowest BCUT2D eigenvalue weighted by Gasteiger charge is -2.10. The van der Waals surface area contributed by atoms with Gasteiger partial charge >= 0.3 is 18.2 Å². The Morgan fingerprint density at radius 2 is 2.08 bits per heavy atom. The number of rotatable bonds is 7. The third-order valence-electron chi connectivity index (χ3n) is 3.49. The van der Waals surface area contributed by atoms with E-state index in [0.717, 1.165) is 6.07 Å². The van der Waals surface area contributed by atoms with Crippen LogP contribution in [0, 0.1) is 12.7 Å². The van der Waals surface area contributed by atoms with E-state index in [1.54, 1.807) is 0 Å². The predicted molar refractivity (Wildman–Crippen MR) is 88.8 cm³/mol. The molecule has 0 aliphatic carbocycles. The number of carbonyl (C=O) groups excluding carboxylic acids is 1. The summed E-state index contributed by atoms with van der Waals surface area (Å²) in [4.78, 5) is 23.6. The Balaban J connectivity index is 2.37. The van der Waals surface area contributed by atoms with E-state index in [1.165, 1.54) is 13.0 Å². The fraction of sp³-hybridized carbons (Fsp3) is 0.400. The molecule has 1 aromatic carbocycles. The number of esters is 1. The number of hydrogen-bond acceptors (Lipinski definition) is 4. The van der Waals surface area contributed by atoms with E-state index in [4.69, 9.17) is 27.9 Å². The van der Waals surface area contributed by atoms with Crippen LogP contribution < -0.4 is 5.69 Å². The SMILES string of the molecule is Cc1nn(-c2ccc(Cl)c(CCC(=O)OCCCl)c2F)c(=O)n1C(F)F. The van der Waals surface area contributed by atoms with E-state index in [0.29, 0.717) is 4.68 Å². The molecular weight excluding hydrogens is 398 g/mol. The van der Waals surface area contributed by atoms with Gasteiger partial charge in [0.2, 0.25) is 0 Å². The summed E-state index contributed by atoms with van der Waals surface area (Å²) in [6.07, 6.45) is -0.278. The molecule has 0 radical (unpaired) electrons. The van der Waals surface area contributed by atoms with Gasteiger partial charge in [0, 0.05) is 17.0 Å². The Bertz CT molecular complexity index is 868. The Hall–Kier alpha value is -2.00. The highest BCUT2D eigenvalue weighted by molar-refractivity contribution is 6.31. The van der Waals surface area contributed by atoms with Gasteiger partial charge in [0.15, 0.2) is 5.82 Å². The molecule has 26 heavy (non-hydrogen) atoms. The normalized spacial score (nSPS) is 11.2. The van der Waals surface area contributed by atoms with Crippen LogP contribution in [0.2, 0.25) is 5.02 Å². The van der Waals surface area contributed by atoms with Crippen molar-refractivity contribution in [2.75, 3.05) is 12.5 Å². The summed E-state index contributed by atoms with van der Waals surface area (Å²) in [6, 6.07) is 2.44. The third kappa shape index (κ3) is 4.21. The molecule has 0 bridgehead atoms. The van der Waals surface area contributed by atoms with Crippen molar-refractivity contribution in [1.29, 1.82) is 0 Å². The molecule has 0 amide bonds. The second-order valence-electron chi connectivity index (χ2n) is 5.16. The van der Waals surface area contributed by atoms with Crippen LogP contribution in [0.5, 0.6) is 0 Å². The van der Waals surface area contributed by atoms with E-state index in [-0.39, 0.29) is 52.0 Å². The molecule has 0 saturated carbocycles. The van der Waals surface area contributed by atoms with Crippen LogP contribution in [-0.2, 0) is 16.0 Å². The topological polar surface area (TPSA) is 66.1 Å². The quantitative estimate of drug-likeness (QED) is 0.518. The molecule has 11 heteroatoms. The zero-order valence-electron chi connectivity index (χ0n) is 13.5. The monoisotopic (exact) mass is 411 g/mol. The Labute approximate surface area is 156 Å². The summed E-state index contributed by atoms with van der Waals surface area (Å²) in [6.45, 7) is -1.88. The van der Waals surface area contributed by atoms with Crippen molar-refractivity contribution in [1.82, 2.24) is 14.3 Å². The first kappa shape index (κ1) is 20.3. The van der Waals surface area contributed by atoms with Crippen LogP contribution in [0.4, 0.5) is 13.2 Å². The maximum absolute atomic E-state index is 14.8. The van der Waals surface area contributed by atoms with Crippen LogP contribution in [0.15, 0.2) is 16.9 Å². The average molecular weight is 412 g/mol. The number of benzene rings is 1. The van der Waals surface area contributed by atoms with Crippen LogP contribution in [0.1, 0.15) is 24.4 Å². The second-order valence-corrected chi connectivity index (χ2v) is 5.94. The van der Waals surface area contributed by atoms with E-state index in [2.05, 4.69) is 5.10 Å². The molecule has 142 valence electrons. The summed E-state index contributed by atoms with van der Waals surface area (Å²) in [5, 5.41) is 3.69. The first-order valence-corrected chi connectivity index (χ1v) is 8.34. The molecule has 0 aliphatic heterocycles. The fourth-order valence-electron chi connectivity index (χ4n) is 2.29. The van der Waals surface area contributed by atoms with Gasteiger partial charge in [-0.25, -0.2) is 13.8 Å². The van der Waals surface area contributed by atoms with Gasteiger partial charge in [0.1, 0.15) is 18.1 Å². The third-order valence-corrected chi connectivity index (χ3v) is 4.00. The number of aryl methyl sites for hydroxylation is 1. The summed E-state index contributed by atoms with van der Waals surface area (Å²) in [7, 11) is 0. The number of aromatic nitrogens is 3. The van der Waals surface area contributed by atoms with Crippen molar-refractivity contribution in [3.05, 3.63) is 44.8 Å². The van der Waals surface area contributed by atoms with Crippen molar-refractivity contribution < 1.29 is 22.7 Å². The lowest BCUT2D eigenvalue weighted by Crippen LogP contribution is -2.25. The zero-order valence-corrected chi connectivity index (χ0v) is 15.0. The van der Waals surface area contributed by atoms with E-state index in [1.807, 2.05) is 0 Å². The molecule has 0 aliphatic rings. The van der Waals surface area contributed by atoms with Gasteiger partial charge in [0.25, 0.3) is 0 Å². The number of carbonyl (C=O) groups is 1. The van der Waals surface area contributed by atoms with Crippen molar-refractivity contribution in [2.45, 2.75) is 26.3 Å². The molecule has 0 spiro atoms. The first-order valence-electron chi connectivity index (χ1n) is 7.43. The summed E-state index contributed by atoms with van der Waals surface area (Å²) in [5.74, 6) is -1.67. The number of nitrogens with zero attached hydrogens (tertiary/aromatic N) is 3. The van der Waals surface area contributed by atoms with Crippen molar-refractivity contribution in [2.24, 2.45) is 0 Å². The standard InChI is InChI=1S/C15H14Cl2F3N3O3/c1-8-21-23(15(25)22(8)14(19)20)11-4-3-10(17)9(13(11)18)2-5-12(24)26-7-6-16/h3-4,14H,2,5-7H2,1H3. The molecule has 0 atom stereocenters. The number of alkyl halides is 3. The maximum Gasteiger partial charge on any atom is 0.355 e. The molecule has 1 aromatic heterocycles. The molecule has 6 nitrogen and oxygen atoms in total. The number of ether oxygens (including phenoxy) is 1. The van der Waals surface area contributed by atoms with Gasteiger partial charge < -0.3 is 4.74 Å². The highest BCUT2D eigenvalue weighted by Gasteiger charge is 2.22. The molecular formula is C15H14Cl2F3N3O3. The Kier molecular flexibility index (Phi) is 6.71. The Morgan fingerprint density at radius 1 is 1.38 bits per heavy atom. The lowest BCUT2D eigenvalue weighted by molar-refractivity contribution is -0.142. The van der Waals surface area contributed by atoms with Gasteiger partial charge in [-0.1, -0.05) is 11.6 Å². The van der Waals surface area contributed by atoms with Crippen molar-refractivity contribution in [3.8, 4) is 5.69 Å². The number of hydrogen-bond donors (Lipinski definition) is 0. The van der Waals surface area contributed by atoms with Gasteiger partial charge in [0.05, 0.1) is 5.88 Å². The highest BCUT2D eigenvalue weighted by Crippen LogP contribution is 2.25. The lowest BCUT2D eigenvalue weighted by atomic mass is 10.1. The summed E-state index contributed by atoms with van der Waals surface area (Å²) in [5.41, 5.74) is -1.58. The van der Waals surface area contributed by atoms with Crippen LogP contribution in [-0.4, -0.2) is 32.8 Å². The van der Waals surface area contributed by atoms with Crippen molar-refractivity contribution >= 4 is 29.2 Å². The minimum Gasteiger partial charge on any atom is -0.464 e. The molecule has 0 N–H and O–H groups in total. The van der Waals surface area contributed by atoms with Gasteiger partial charge in [-0.15, -0.1) is 16.7 Å². The van der Waals surface area contributed by atoms with Crippen molar-refractivity contribution in [3.63, 3.8) is 0 Å². The molecule has 0 saturated heterocycles. The highest BCUT2D eigenvalue weighted by atomic mass is 35.5.